The van der Waals surface area contributed by atoms with Gasteiger partial charge in [-0.15, -0.1) is 24.2 Å². The summed E-state index contributed by atoms with van der Waals surface area (Å²) < 4.78 is 0. The Morgan fingerprint density at radius 1 is 1.11 bits per heavy atom. The van der Waals surface area contributed by atoms with E-state index in [9.17, 15) is 0 Å². The van der Waals surface area contributed by atoms with Crippen LogP contribution in [0.25, 0.3) is 0 Å². The van der Waals surface area contributed by atoms with Crippen molar-refractivity contribution in [1.29, 1.82) is 0 Å². The Bertz CT molecular complexity index is 588. The molecule has 0 saturated carbocycles. The highest BCUT2D eigenvalue weighted by molar-refractivity contribution is 7.98. The minimum Gasteiger partial charge on any atom is -0.262 e. The van der Waals surface area contributed by atoms with Gasteiger partial charge in [0.25, 0.3) is 0 Å². The molecule has 1 heterocycles. The van der Waals surface area contributed by atoms with Crippen molar-refractivity contribution in [3.05, 3.63) is 58.9 Å². The predicted molar refractivity (Wildman–Crippen MR) is 80.7 cm³/mol. The van der Waals surface area contributed by atoms with Crippen molar-refractivity contribution in [3.8, 4) is 11.8 Å². The largest absolute Gasteiger partial charge is 0.262 e. The van der Waals surface area contributed by atoms with E-state index in [4.69, 9.17) is 11.6 Å². The third-order valence-electron chi connectivity index (χ3n) is 2.12. The van der Waals surface area contributed by atoms with E-state index in [1.54, 1.807) is 18.0 Å². The zero-order valence-electron chi connectivity index (χ0n) is 9.68. The van der Waals surface area contributed by atoms with Crippen LogP contribution >= 0.6 is 35.8 Å². The molecule has 0 radical (unpaired) electrons. The summed E-state index contributed by atoms with van der Waals surface area (Å²) >= 11 is 7.55. The van der Waals surface area contributed by atoms with Gasteiger partial charge in [-0.3, -0.25) is 4.98 Å². The van der Waals surface area contributed by atoms with Gasteiger partial charge in [0.15, 0.2) is 0 Å². The Morgan fingerprint density at radius 2 is 1.89 bits per heavy atom. The standard InChI is InChI=1S/C14H10ClNS.ClH/c1-17-14-8-12(9-16-10-14)6-5-11-3-2-4-13(15)7-11;/h2-4,7-10H,1H3;1H. The van der Waals surface area contributed by atoms with Crippen LogP contribution in [0.1, 0.15) is 11.1 Å². The zero-order valence-corrected chi connectivity index (χ0v) is 12.1. The van der Waals surface area contributed by atoms with Crippen molar-refractivity contribution in [3.63, 3.8) is 0 Å². The van der Waals surface area contributed by atoms with E-state index >= 15 is 0 Å². The number of rotatable bonds is 1. The topological polar surface area (TPSA) is 12.9 Å². The van der Waals surface area contributed by atoms with Gasteiger partial charge >= 0.3 is 0 Å². The Kier molecular flexibility index (Phi) is 6.07. The van der Waals surface area contributed by atoms with E-state index < -0.39 is 0 Å². The molecular weight excluding hydrogens is 285 g/mol. The number of aromatic nitrogens is 1. The van der Waals surface area contributed by atoms with Gasteiger partial charge < -0.3 is 0 Å². The molecule has 4 heteroatoms. The second-order valence-corrected chi connectivity index (χ2v) is 4.69. The maximum Gasteiger partial charge on any atom is 0.0443 e. The Hall–Kier alpha value is -1.14. The van der Waals surface area contributed by atoms with Crippen molar-refractivity contribution in [2.24, 2.45) is 0 Å². The summed E-state index contributed by atoms with van der Waals surface area (Å²) in [5.41, 5.74) is 1.82. The first-order valence-electron chi connectivity index (χ1n) is 5.04. The average Bonchev–Trinajstić information content (AvgIpc) is 2.37. The summed E-state index contributed by atoms with van der Waals surface area (Å²) in [5.74, 6) is 6.15. The third kappa shape index (κ3) is 4.27. The molecule has 0 N–H and O–H groups in total. The highest BCUT2D eigenvalue weighted by atomic mass is 35.5. The van der Waals surface area contributed by atoms with E-state index in [2.05, 4.69) is 16.8 Å². The fourth-order valence-corrected chi connectivity index (χ4v) is 1.91. The van der Waals surface area contributed by atoms with Crippen LogP contribution in [-0.2, 0) is 0 Å². The van der Waals surface area contributed by atoms with Gasteiger partial charge in [-0.25, -0.2) is 0 Å². The minimum atomic E-state index is 0. The van der Waals surface area contributed by atoms with E-state index in [-0.39, 0.29) is 12.4 Å². The molecule has 0 aliphatic heterocycles. The number of benzene rings is 1. The number of hydrogen-bond donors (Lipinski definition) is 0. The predicted octanol–water partition coefficient (Wildman–Crippen LogP) is 4.28. The van der Waals surface area contributed by atoms with Crippen LogP contribution in [-0.4, -0.2) is 11.2 Å². The average molecular weight is 296 g/mol. The third-order valence-corrected chi connectivity index (χ3v) is 3.05. The number of thioether (sulfide) groups is 1. The van der Waals surface area contributed by atoms with Crippen molar-refractivity contribution < 1.29 is 0 Å². The van der Waals surface area contributed by atoms with Crippen LogP contribution in [0.2, 0.25) is 5.02 Å². The van der Waals surface area contributed by atoms with Gasteiger partial charge in [0.2, 0.25) is 0 Å². The molecule has 0 aliphatic rings. The molecule has 1 nitrogen and oxygen atoms in total. The molecule has 0 atom stereocenters. The lowest BCUT2D eigenvalue weighted by atomic mass is 10.2. The Labute approximate surface area is 122 Å². The molecule has 0 unspecified atom stereocenters. The van der Waals surface area contributed by atoms with Gasteiger partial charge in [0.05, 0.1) is 0 Å². The fraction of sp³-hybridized carbons (Fsp3) is 0.0714. The number of halogens is 2. The van der Waals surface area contributed by atoms with E-state index in [0.29, 0.717) is 5.02 Å². The van der Waals surface area contributed by atoms with E-state index in [1.807, 2.05) is 42.8 Å². The number of nitrogens with zero attached hydrogens (tertiary/aromatic N) is 1. The SMILES string of the molecule is CSc1cncc(C#Cc2cccc(Cl)c2)c1.Cl. The summed E-state index contributed by atoms with van der Waals surface area (Å²) in [6.07, 6.45) is 5.61. The molecule has 0 spiro atoms. The van der Waals surface area contributed by atoms with Gasteiger partial charge in [0.1, 0.15) is 0 Å². The first-order chi connectivity index (χ1) is 8.28. The van der Waals surface area contributed by atoms with E-state index in [0.717, 1.165) is 16.0 Å². The van der Waals surface area contributed by atoms with Crippen LogP contribution in [0.5, 0.6) is 0 Å². The number of pyridine rings is 1. The smallest absolute Gasteiger partial charge is 0.0443 e. The molecule has 1 aromatic carbocycles. The minimum absolute atomic E-state index is 0. The molecular formula is C14H11Cl2NS. The van der Waals surface area contributed by atoms with Gasteiger partial charge in [0, 0.05) is 33.4 Å². The van der Waals surface area contributed by atoms with Crippen molar-refractivity contribution in [2.45, 2.75) is 4.90 Å². The van der Waals surface area contributed by atoms with E-state index in [1.165, 1.54) is 0 Å². The van der Waals surface area contributed by atoms with Crippen LogP contribution in [0.4, 0.5) is 0 Å². The van der Waals surface area contributed by atoms with Gasteiger partial charge in [-0.1, -0.05) is 29.5 Å². The quantitative estimate of drug-likeness (QED) is 0.575. The molecule has 0 aliphatic carbocycles. The van der Waals surface area contributed by atoms with Crippen molar-refractivity contribution in [2.75, 3.05) is 6.26 Å². The molecule has 2 rings (SSSR count). The van der Waals surface area contributed by atoms with Crippen molar-refractivity contribution in [1.82, 2.24) is 4.98 Å². The summed E-state index contributed by atoms with van der Waals surface area (Å²) in [5, 5.41) is 0.702. The van der Waals surface area contributed by atoms with Crippen LogP contribution in [0, 0.1) is 11.8 Å². The second kappa shape index (κ2) is 7.33. The highest BCUT2D eigenvalue weighted by Crippen LogP contribution is 2.14. The molecule has 0 fully saturated rings. The van der Waals surface area contributed by atoms with Gasteiger partial charge in [-0.05, 0) is 30.5 Å². The second-order valence-electron chi connectivity index (χ2n) is 3.37. The summed E-state index contributed by atoms with van der Waals surface area (Å²) in [6, 6.07) is 9.53. The lowest BCUT2D eigenvalue weighted by Gasteiger charge is -1.95. The Balaban J connectivity index is 0.00000162. The first-order valence-corrected chi connectivity index (χ1v) is 6.65. The molecule has 0 amide bonds. The first kappa shape index (κ1) is 14.9. The normalized spacial score (nSPS) is 9.00. The zero-order chi connectivity index (χ0) is 12.1. The molecule has 0 bridgehead atoms. The summed E-state index contributed by atoms with van der Waals surface area (Å²) in [6.45, 7) is 0. The van der Waals surface area contributed by atoms with Gasteiger partial charge in [-0.2, -0.15) is 0 Å². The maximum absolute atomic E-state index is 5.89. The molecule has 0 saturated heterocycles. The highest BCUT2D eigenvalue weighted by Gasteiger charge is 1.92. The van der Waals surface area contributed by atoms with Crippen LogP contribution < -0.4 is 0 Å². The fourth-order valence-electron chi connectivity index (χ4n) is 1.31. The molecule has 2 aromatic rings. The molecule has 18 heavy (non-hydrogen) atoms. The lowest BCUT2D eigenvalue weighted by Crippen LogP contribution is -1.80. The molecule has 1 aromatic heterocycles. The molecule has 92 valence electrons. The Morgan fingerprint density at radius 3 is 2.61 bits per heavy atom. The van der Waals surface area contributed by atoms with Crippen molar-refractivity contribution >= 4 is 35.8 Å². The summed E-state index contributed by atoms with van der Waals surface area (Å²) in [4.78, 5) is 5.25. The maximum atomic E-state index is 5.89. The van der Waals surface area contributed by atoms with Crippen LogP contribution in [0.15, 0.2) is 47.6 Å². The number of hydrogen-bond acceptors (Lipinski definition) is 2. The van der Waals surface area contributed by atoms with Crippen LogP contribution in [0.3, 0.4) is 0 Å². The summed E-state index contributed by atoms with van der Waals surface area (Å²) in [7, 11) is 0. The monoisotopic (exact) mass is 295 g/mol. The lowest BCUT2D eigenvalue weighted by molar-refractivity contribution is 1.23.